The van der Waals surface area contributed by atoms with Gasteiger partial charge in [0, 0.05) is 0 Å². The first-order valence-electron chi connectivity index (χ1n) is 8.68. The van der Waals surface area contributed by atoms with E-state index in [1.807, 2.05) is 31.2 Å². The standard InChI is InChI=1S/C20H26N2O3S/c1-14(2)17-10-12-18(13-11-17)15(3)21-20(23)16(4)22-26(24,25)19-8-6-5-7-9-19/h5-16,22H,1-4H3,(H,21,23)/t15-,16+/m1/s1. The number of hydrogen-bond donors (Lipinski definition) is 2. The zero-order valence-electron chi connectivity index (χ0n) is 15.6. The zero-order chi connectivity index (χ0) is 19.3. The Morgan fingerprint density at radius 3 is 1.92 bits per heavy atom. The predicted molar refractivity (Wildman–Crippen MR) is 103 cm³/mol. The minimum Gasteiger partial charge on any atom is -0.348 e. The molecular weight excluding hydrogens is 348 g/mol. The molecule has 6 heteroatoms. The average Bonchev–Trinajstić information content (AvgIpc) is 2.62. The van der Waals surface area contributed by atoms with Crippen molar-refractivity contribution in [2.45, 2.75) is 50.6 Å². The molecule has 2 aromatic carbocycles. The summed E-state index contributed by atoms with van der Waals surface area (Å²) in [5.74, 6) is 0.0753. The third-order valence-corrected chi connectivity index (χ3v) is 5.80. The van der Waals surface area contributed by atoms with E-state index in [0.717, 1.165) is 5.56 Å². The maximum Gasteiger partial charge on any atom is 0.241 e. The van der Waals surface area contributed by atoms with E-state index in [0.29, 0.717) is 5.92 Å². The lowest BCUT2D eigenvalue weighted by Crippen LogP contribution is -2.45. The van der Waals surface area contributed by atoms with Gasteiger partial charge in [-0.1, -0.05) is 56.3 Å². The lowest BCUT2D eigenvalue weighted by atomic mass is 9.99. The third-order valence-electron chi connectivity index (χ3n) is 4.24. The van der Waals surface area contributed by atoms with Crippen molar-refractivity contribution in [3.8, 4) is 0 Å². The topological polar surface area (TPSA) is 75.3 Å². The highest BCUT2D eigenvalue weighted by Crippen LogP contribution is 2.18. The molecule has 0 saturated carbocycles. The molecule has 2 atom stereocenters. The van der Waals surface area contributed by atoms with Gasteiger partial charge in [0.05, 0.1) is 17.0 Å². The molecule has 0 aromatic heterocycles. The van der Waals surface area contributed by atoms with Crippen molar-refractivity contribution < 1.29 is 13.2 Å². The Morgan fingerprint density at radius 1 is 0.846 bits per heavy atom. The largest absolute Gasteiger partial charge is 0.348 e. The first kappa shape index (κ1) is 20.1. The van der Waals surface area contributed by atoms with E-state index in [9.17, 15) is 13.2 Å². The zero-order valence-corrected chi connectivity index (χ0v) is 16.4. The molecule has 140 valence electrons. The molecule has 2 N–H and O–H groups in total. The van der Waals surface area contributed by atoms with Crippen LogP contribution in [-0.2, 0) is 14.8 Å². The molecule has 26 heavy (non-hydrogen) atoms. The quantitative estimate of drug-likeness (QED) is 0.780. The van der Waals surface area contributed by atoms with Crippen LogP contribution < -0.4 is 10.0 Å². The Labute approximate surface area is 155 Å². The van der Waals surface area contributed by atoms with Crippen molar-refractivity contribution in [2.75, 3.05) is 0 Å². The van der Waals surface area contributed by atoms with Crippen molar-refractivity contribution in [1.29, 1.82) is 0 Å². The van der Waals surface area contributed by atoms with Crippen LogP contribution in [0.1, 0.15) is 50.8 Å². The molecule has 0 bridgehead atoms. The minimum atomic E-state index is -3.73. The van der Waals surface area contributed by atoms with Gasteiger partial charge in [0.25, 0.3) is 0 Å². The Morgan fingerprint density at radius 2 is 1.38 bits per heavy atom. The summed E-state index contributed by atoms with van der Waals surface area (Å²) in [7, 11) is -3.73. The van der Waals surface area contributed by atoms with E-state index >= 15 is 0 Å². The smallest absolute Gasteiger partial charge is 0.241 e. The summed E-state index contributed by atoms with van der Waals surface area (Å²) in [4.78, 5) is 12.5. The Bertz CT molecular complexity index is 831. The molecule has 0 aliphatic rings. The second kappa shape index (κ2) is 8.47. The molecule has 0 aliphatic carbocycles. The molecule has 0 fully saturated rings. The molecule has 1 amide bonds. The first-order chi connectivity index (χ1) is 12.2. The fraction of sp³-hybridized carbons (Fsp3) is 0.350. The molecule has 0 aliphatic heterocycles. The monoisotopic (exact) mass is 374 g/mol. The highest BCUT2D eigenvalue weighted by atomic mass is 32.2. The number of benzene rings is 2. The van der Waals surface area contributed by atoms with Crippen molar-refractivity contribution in [3.05, 3.63) is 65.7 Å². The lowest BCUT2D eigenvalue weighted by molar-refractivity contribution is -0.123. The van der Waals surface area contributed by atoms with Crippen molar-refractivity contribution in [2.24, 2.45) is 0 Å². The fourth-order valence-electron chi connectivity index (χ4n) is 2.55. The van der Waals surface area contributed by atoms with Gasteiger partial charge in [0.1, 0.15) is 0 Å². The predicted octanol–water partition coefficient (Wildman–Crippen LogP) is 3.35. The van der Waals surface area contributed by atoms with Crippen LogP contribution in [0.5, 0.6) is 0 Å². The second-order valence-electron chi connectivity index (χ2n) is 6.71. The molecular formula is C20H26N2O3S. The Hall–Kier alpha value is -2.18. The van der Waals surface area contributed by atoms with E-state index in [4.69, 9.17) is 0 Å². The van der Waals surface area contributed by atoms with Gasteiger partial charge in [-0.05, 0) is 43.0 Å². The van der Waals surface area contributed by atoms with Gasteiger partial charge in [-0.25, -0.2) is 8.42 Å². The number of sulfonamides is 1. The summed E-state index contributed by atoms with van der Waals surface area (Å²) in [5.41, 5.74) is 2.21. The Kier molecular flexibility index (Phi) is 6.56. The van der Waals surface area contributed by atoms with Crippen LogP contribution in [0.25, 0.3) is 0 Å². The van der Waals surface area contributed by atoms with Gasteiger partial charge < -0.3 is 5.32 Å². The normalized spacial score (nSPS) is 14.0. The maximum absolute atomic E-state index is 12.4. The molecule has 2 rings (SSSR count). The van der Waals surface area contributed by atoms with Gasteiger partial charge >= 0.3 is 0 Å². The van der Waals surface area contributed by atoms with Crippen molar-refractivity contribution >= 4 is 15.9 Å². The number of hydrogen-bond acceptors (Lipinski definition) is 3. The van der Waals surface area contributed by atoms with E-state index in [2.05, 4.69) is 23.9 Å². The van der Waals surface area contributed by atoms with Crippen LogP contribution in [-0.4, -0.2) is 20.4 Å². The number of rotatable bonds is 7. The minimum absolute atomic E-state index is 0.136. The molecule has 2 aromatic rings. The van der Waals surface area contributed by atoms with Gasteiger partial charge in [0.2, 0.25) is 15.9 Å². The number of amides is 1. The maximum atomic E-state index is 12.4. The Balaban J connectivity index is 2.00. The van der Waals surface area contributed by atoms with Crippen molar-refractivity contribution in [3.63, 3.8) is 0 Å². The first-order valence-corrected chi connectivity index (χ1v) is 10.2. The molecule has 0 radical (unpaired) electrons. The summed E-state index contributed by atoms with van der Waals surface area (Å²) >= 11 is 0. The van der Waals surface area contributed by atoms with E-state index in [-0.39, 0.29) is 16.8 Å². The number of nitrogens with one attached hydrogen (secondary N) is 2. The van der Waals surface area contributed by atoms with E-state index < -0.39 is 16.1 Å². The molecule has 0 spiro atoms. The summed E-state index contributed by atoms with van der Waals surface area (Å²) in [5, 5.41) is 2.85. The van der Waals surface area contributed by atoms with Crippen LogP contribution in [0, 0.1) is 0 Å². The van der Waals surface area contributed by atoms with Gasteiger partial charge in [0.15, 0.2) is 0 Å². The molecule has 0 unspecified atom stereocenters. The summed E-state index contributed by atoms with van der Waals surface area (Å²) in [6.45, 7) is 7.66. The van der Waals surface area contributed by atoms with E-state index in [1.54, 1.807) is 18.2 Å². The third kappa shape index (κ3) is 5.16. The summed E-state index contributed by atoms with van der Waals surface area (Å²) in [6.07, 6.45) is 0. The fourth-order valence-corrected chi connectivity index (χ4v) is 3.77. The molecule has 0 heterocycles. The van der Waals surface area contributed by atoms with Crippen LogP contribution in [0.3, 0.4) is 0 Å². The lowest BCUT2D eigenvalue weighted by Gasteiger charge is -2.19. The van der Waals surface area contributed by atoms with Crippen LogP contribution >= 0.6 is 0 Å². The summed E-state index contributed by atoms with van der Waals surface area (Å²) < 4.78 is 27.0. The van der Waals surface area contributed by atoms with Crippen LogP contribution in [0.4, 0.5) is 0 Å². The molecule has 0 saturated heterocycles. The van der Waals surface area contributed by atoms with Crippen molar-refractivity contribution in [1.82, 2.24) is 10.0 Å². The van der Waals surface area contributed by atoms with Crippen LogP contribution in [0.15, 0.2) is 59.5 Å². The summed E-state index contributed by atoms with van der Waals surface area (Å²) in [6, 6.07) is 15.0. The second-order valence-corrected chi connectivity index (χ2v) is 8.42. The van der Waals surface area contributed by atoms with Gasteiger partial charge in [-0.2, -0.15) is 4.72 Å². The van der Waals surface area contributed by atoms with Gasteiger partial charge in [-0.3, -0.25) is 4.79 Å². The highest BCUT2D eigenvalue weighted by Gasteiger charge is 2.23. The number of carbonyl (C=O) groups excluding carboxylic acids is 1. The molecule has 5 nitrogen and oxygen atoms in total. The SMILES string of the molecule is CC(C)c1ccc([C@@H](C)NC(=O)[C@H](C)NS(=O)(=O)c2ccccc2)cc1. The number of carbonyl (C=O) groups is 1. The van der Waals surface area contributed by atoms with Gasteiger partial charge in [-0.15, -0.1) is 0 Å². The average molecular weight is 375 g/mol. The highest BCUT2D eigenvalue weighted by molar-refractivity contribution is 7.89. The van der Waals surface area contributed by atoms with E-state index in [1.165, 1.54) is 24.6 Å². The van der Waals surface area contributed by atoms with Crippen LogP contribution in [0.2, 0.25) is 0 Å².